The number of nitrogens with zero attached hydrogens (tertiary/aromatic N) is 2. The molecular weight excluding hydrogens is 527 g/mol. The predicted octanol–water partition coefficient (Wildman–Crippen LogP) is 6.87. The normalized spacial score (nSPS) is 11.0. The van der Waals surface area contributed by atoms with Crippen LogP contribution in [0.2, 0.25) is 10.0 Å². The molecule has 33 heavy (non-hydrogen) atoms. The minimum atomic E-state index is -0.109. The highest BCUT2D eigenvalue weighted by Crippen LogP contribution is 2.35. The Kier molecular flexibility index (Phi) is 7.58. The minimum Gasteiger partial charge on any atom is -0.489 e. The first-order valence-corrected chi connectivity index (χ1v) is 11.9. The number of para-hydroxylation sites is 1. The molecule has 8 heteroatoms. The molecule has 0 aliphatic rings. The predicted molar refractivity (Wildman–Crippen MR) is 135 cm³/mol. The van der Waals surface area contributed by atoms with E-state index in [-0.39, 0.29) is 13.2 Å². The van der Waals surface area contributed by atoms with Gasteiger partial charge in [0.25, 0.3) is 0 Å². The molecule has 0 aliphatic heterocycles. The quantitative estimate of drug-likeness (QED) is 0.214. The van der Waals surface area contributed by atoms with Crippen LogP contribution in [0.15, 0.2) is 59.1 Å². The molecule has 0 unspecified atom stereocenters. The lowest BCUT2D eigenvalue weighted by atomic mass is 10.2. The van der Waals surface area contributed by atoms with E-state index < -0.39 is 0 Å². The van der Waals surface area contributed by atoms with Crippen LogP contribution in [0.5, 0.6) is 11.5 Å². The third kappa shape index (κ3) is 5.35. The highest BCUT2D eigenvalue weighted by Gasteiger charge is 2.14. The van der Waals surface area contributed by atoms with Gasteiger partial charge in [-0.05, 0) is 42.0 Å². The molecule has 0 aliphatic carbocycles. The lowest BCUT2D eigenvalue weighted by molar-refractivity contribution is -0.109. The fourth-order valence-corrected chi connectivity index (χ4v) is 4.65. The highest BCUT2D eigenvalue weighted by molar-refractivity contribution is 9.10. The lowest BCUT2D eigenvalue weighted by Gasteiger charge is -2.15. The Balaban J connectivity index is 1.57. The summed E-state index contributed by atoms with van der Waals surface area (Å²) in [6.07, 6.45) is 1.47. The summed E-state index contributed by atoms with van der Waals surface area (Å²) >= 11 is 16.1. The van der Waals surface area contributed by atoms with Crippen molar-refractivity contribution in [3.05, 3.63) is 86.1 Å². The number of aldehydes is 1. The monoisotopic (exact) mass is 546 g/mol. The van der Waals surface area contributed by atoms with Crippen molar-refractivity contribution < 1.29 is 14.3 Å². The van der Waals surface area contributed by atoms with Crippen LogP contribution in [-0.2, 0) is 24.4 Å². The van der Waals surface area contributed by atoms with Gasteiger partial charge in [0.2, 0.25) is 0 Å². The maximum absolute atomic E-state index is 10.6. The third-order valence-corrected chi connectivity index (χ3v) is 6.21. The van der Waals surface area contributed by atoms with Gasteiger partial charge in [0.1, 0.15) is 24.8 Å². The van der Waals surface area contributed by atoms with Gasteiger partial charge in [0.05, 0.1) is 27.6 Å². The zero-order chi connectivity index (χ0) is 23.4. The van der Waals surface area contributed by atoms with Crippen molar-refractivity contribution in [1.82, 2.24) is 9.55 Å². The summed E-state index contributed by atoms with van der Waals surface area (Å²) in [6.45, 7) is 2.91. The summed E-state index contributed by atoms with van der Waals surface area (Å²) in [6, 6.07) is 17.5. The van der Waals surface area contributed by atoms with E-state index in [0.29, 0.717) is 28.6 Å². The molecule has 170 valence electrons. The highest BCUT2D eigenvalue weighted by atomic mass is 79.9. The number of carbonyl (C=O) groups excluding carboxylic acids is 1. The van der Waals surface area contributed by atoms with E-state index in [4.69, 9.17) is 37.7 Å². The standard InChI is InChI=1S/C25H21BrCl2N2O3/c1-2-24-29-21-13-18(26)7-8-22(21)30(24)14-17-5-3-4-6-23(17)33-15-16-11-19(27)25(20(28)12-16)32-10-9-31/h3-9,11-13H,2,10,14-15H2,1H3. The molecule has 0 saturated carbocycles. The maximum Gasteiger partial charge on any atom is 0.157 e. The largest absolute Gasteiger partial charge is 0.489 e. The van der Waals surface area contributed by atoms with Gasteiger partial charge in [-0.1, -0.05) is 64.3 Å². The first-order chi connectivity index (χ1) is 16.0. The fourth-order valence-electron chi connectivity index (χ4n) is 3.66. The number of fused-ring (bicyclic) bond motifs is 1. The molecule has 1 aromatic heterocycles. The van der Waals surface area contributed by atoms with E-state index >= 15 is 0 Å². The second-order valence-corrected chi connectivity index (χ2v) is 9.09. The topological polar surface area (TPSA) is 53.4 Å². The molecule has 0 fully saturated rings. The van der Waals surface area contributed by atoms with Gasteiger partial charge >= 0.3 is 0 Å². The van der Waals surface area contributed by atoms with Crippen molar-refractivity contribution in [2.45, 2.75) is 26.5 Å². The smallest absolute Gasteiger partial charge is 0.157 e. The molecule has 4 rings (SSSR count). The van der Waals surface area contributed by atoms with Gasteiger partial charge in [-0.15, -0.1) is 0 Å². The first-order valence-electron chi connectivity index (χ1n) is 10.4. The number of benzene rings is 3. The van der Waals surface area contributed by atoms with Crippen LogP contribution in [0.25, 0.3) is 11.0 Å². The molecule has 5 nitrogen and oxygen atoms in total. The van der Waals surface area contributed by atoms with Gasteiger partial charge in [-0.2, -0.15) is 0 Å². The van der Waals surface area contributed by atoms with E-state index in [1.165, 1.54) is 0 Å². The molecule has 0 N–H and O–H groups in total. The van der Waals surface area contributed by atoms with Gasteiger partial charge in [0, 0.05) is 16.5 Å². The summed E-state index contributed by atoms with van der Waals surface area (Å²) in [5, 5.41) is 0.666. The molecule has 0 amide bonds. The average Bonchev–Trinajstić information content (AvgIpc) is 3.14. The van der Waals surface area contributed by atoms with E-state index in [1.807, 2.05) is 30.3 Å². The number of ether oxygens (including phenoxy) is 2. The van der Waals surface area contributed by atoms with Crippen LogP contribution in [0.3, 0.4) is 0 Å². The molecule has 4 aromatic rings. The van der Waals surface area contributed by atoms with Crippen molar-refractivity contribution in [3.63, 3.8) is 0 Å². The van der Waals surface area contributed by atoms with E-state index in [0.717, 1.165) is 44.6 Å². The number of carbonyl (C=O) groups is 1. The Labute approximate surface area is 210 Å². The first kappa shape index (κ1) is 23.6. The number of halogens is 3. The lowest BCUT2D eigenvalue weighted by Crippen LogP contribution is -2.07. The van der Waals surface area contributed by atoms with Crippen LogP contribution < -0.4 is 9.47 Å². The molecule has 3 aromatic carbocycles. The summed E-state index contributed by atoms with van der Waals surface area (Å²) in [7, 11) is 0. The second-order valence-electron chi connectivity index (χ2n) is 7.36. The maximum atomic E-state index is 10.6. The molecule has 0 atom stereocenters. The molecular formula is C25H21BrCl2N2O3. The molecule has 0 radical (unpaired) electrons. The SMILES string of the molecule is CCc1nc2cc(Br)ccc2n1Cc1ccccc1OCc1cc(Cl)c(OCC=O)c(Cl)c1. The number of aromatic nitrogens is 2. The van der Waals surface area contributed by atoms with E-state index in [9.17, 15) is 4.79 Å². The summed E-state index contributed by atoms with van der Waals surface area (Å²) in [5.74, 6) is 2.08. The Hall–Kier alpha value is -2.54. The average molecular weight is 548 g/mol. The number of aryl methyl sites for hydroxylation is 1. The zero-order valence-electron chi connectivity index (χ0n) is 17.9. The Morgan fingerprint density at radius 1 is 1.06 bits per heavy atom. The van der Waals surface area contributed by atoms with E-state index in [1.54, 1.807) is 12.1 Å². The zero-order valence-corrected chi connectivity index (χ0v) is 21.0. The van der Waals surface area contributed by atoms with Crippen molar-refractivity contribution >= 4 is 56.5 Å². The fraction of sp³-hybridized carbons (Fsp3) is 0.200. The Morgan fingerprint density at radius 2 is 1.82 bits per heavy atom. The van der Waals surface area contributed by atoms with Crippen molar-refractivity contribution in [2.24, 2.45) is 0 Å². The van der Waals surface area contributed by atoms with Gasteiger partial charge in [0.15, 0.2) is 12.0 Å². The van der Waals surface area contributed by atoms with Gasteiger partial charge in [-0.3, -0.25) is 4.79 Å². The molecule has 0 saturated heterocycles. The van der Waals surface area contributed by atoms with Crippen molar-refractivity contribution in [2.75, 3.05) is 6.61 Å². The van der Waals surface area contributed by atoms with Crippen LogP contribution in [0.1, 0.15) is 23.9 Å². The summed E-state index contributed by atoms with van der Waals surface area (Å²) in [4.78, 5) is 15.4. The van der Waals surface area contributed by atoms with Gasteiger partial charge < -0.3 is 14.0 Å². The minimum absolute atomic E-state index is 0.109. The van der Waals surface area contributed by atoms with Crippen LogP contribution in [-0.4, -0.2) is 22.4 Å². The third-order valence-electron chi connectivity index (χ3n) is 5.15. The van der Waals surface area contributed by atoms with Crippen molar-refractivity contribution in [3.8, 4) is 11.5 Å². The Bertz CT molecular complexity index is 1280. The summed E-state index contributed by atoms with van der Waals surface area (Å²) in [5.41, 5.74) is 3.87. The van der Waals surface area contributed by atoms with Crippen LogP contribution in [0.4, 0.5) is 0 Å². The number of hydrogen-bond acceptors (Lipinski definition) is 4. The second kappa shape index (κ2) is 10.6. The number of rotatable bonds is 9. The van der Waals surface area contributed by atoms with E-state index in [2.05, 4.69) is 39.6 Å². The Morgan fingerprint density at radius 3 is 2.55 bits per heavy atom. The molecule has 0 bridgehead atoms. The molecule has 0 spiro atoms. The number of imidazole rings is 1. The van der Waals surface area contributed by atoms with Crippen LogP contribution in [0, 0.1) is 0 Å². The molecule has 1 heterocycles. The number of hydrogen-bond donors (Lipinski definition) is 0. The van der Waals surface area contributed by atoms with Crippen molar-refractivity contribution in [1.29, 1.82) is 0 Å². The van der Waals surface area contributed by atoms with Gasteiger partial charge in [-0.25, -0.2) is 4.98 Å². The summed E-state index contributed by atoms with van der Waals surface area (Å²) < 4.78 is 14.7. The van der Waals surface area contributed by atoms with Crippen LogP contribution >= 0.6 is 39.1 Å².